The Bertz CT molecular complexity index is 631. The molecular weight excluding hydrogens is 411 g/mol. The van der Waals surface area contributed by atoms with Crippen LogP contribution >= 0.6 is 24.8 Å². The zero-order valence-electron chi connectivity index (χ0n) is 17.0. The minimum absolute atomic E-state index is 0. The molecule has 2 fully saturated rings. The van der Waals surface area contributed by atoms with E-state index >= 15 is 0 Å². The summed E-state index contributed by atoms with van der Waals surface area (Å²) in [7, 11) is 0. The van der Waals surface area contributed by atoms with Crippen LogP contribution in [0.4, 0.5) is 5.69 Å². The number of anilines is 1. The van der Waals surface area contributed by atoms with E-state index in [0.717, 1.165) is 31.6 Å². The van der Waals surface area contributed by atoms with Gasteiger partial charge in [-0.05, 0) is 36.9 Å². The highest BCUT2D eigenvalue weighted by Gasteiger charge is 2.35. The van der Waals surface area contributed by atoms with Gasteiger partial charge in [-0.25, -0.2) is 0 Å². The highest BCUT2D eigenvalue weighted by molar-refractivity contribution is 5.92. The number of carbonyl (C=O) groups excluding carboxylic acids is 2. The molecule has 1 aliphatic heterocycles. The lowest BCUT2D eigenvalue weighted by Crippen LogP contribution is -2.51. The number of nitrogens with one attached hydrogen (secondary N) is 1. The smallest absolute Gasteiger partial charge is 0.238 e. The zero-order valence-corrected chi connectivity index (χ0v) is 18.6. The van der Waals surface area contributed by atoms with Gasteiger partial charge in [0.2, 0.25) is 11.8 Å². The second kappa shape index (κ2) is 12.4. The Balaban J connectivity index is 0.00000210. The molecule has 0 spiro atoms. The molecule has 0 radical (unpaired) electrons. The number of piperazine rings is 1. The molecule has 2 aliphatic rings. The van der Waals surface area contributed by atoms with Crippen molar-refractivity contribution in [2.24, 2.45) is 11.1 Å². The van der Waals surface area contributed by atoms with Crippen molar-refractivity contribution in [3.05, 3.63) is 30.3 Å². The average Bonchev–Trinajstić information content (AvgIpc) is 2.70. The number of benzene rings is 1. The predicted octanol–water partition coefficient (Wildman–Crippen LogP) is 2.91. The SMILES string of the molecule is Cl.Cl.NCC1(CC(=O)N2CCN(CC(=O)Nc3ccccc3)CC2)CCCCC1. The van der Waals surface area contributed by atoms with E-state index in [1.165, 1.54) is 19.3 Å². The van der Waals surface area contributed by atoms with Gasteiger partial charge in [-0.1, -0.05) is 37.5 Å². The zero-order chi connectivity index (χ0) is 19.1. The van der Waals surface area contributed by atoms with E-state index in [-0.39, 0.29) is 42.0 Å². The van der Waals surface area contributed by atoms with Crippen molar-refractivity contribution >= 4 is 42.3 Å². The Morgan fingerprint density at radius 3 is 2.17 bits per heavy atom. The van der Waals surface area contributed by atoms with Crippen molar-refractivity contribution in [2.75, 3.05) is 44.6 Å². The first kappa shape index (κ1) is 25.7. The normalized spacial score (nSPS) is 18.9. The summed E-state index contributed by atoms with van der Waals surface area (Å²) < 4.78 is 0. The highest BCUT2D eigenvalue weighted by atomic mass is 35.5. The summed E-state index contributed by atoms with van der Waals surface area (Å²) in [6, 6.07) is 9.49. The molecule has 164 valence electrons. The molecule has 2 amide bonds. The van der Waals surface area contributed by atoms with Crippen molar-refractivity contribution in [1.82, 2.24) is 9.80 Å². The number of nitrogens with two attached hydrogens (primary N) is 1. The molecule has 0 unspecified atom stereocenters. The lowest BCUT2D eigenvalue weighted by molar-refractivity contribution is -0.136. The third-order valence-electron chi connectivity index (χ3n) is 6.02. The van der Waals surface area contributed by atoms with Crippen LogP contribution in [-0.2, 0) is 9.59 Å². The Morgan fingerprint density at radius 2 is 1.59 bits per heavy atom. The molecule has 0 atom stereocenters. The van der Waals surface area contributed by atoms with Gasteiger partial charge >= 0.3 is 0 Å². The fourth-order valence-electron chi connectivity index (χ4n) is 4.27. The maximum atomic E-state index is 12.8. The van der Waals surface area contributed by atoms with E-state index in [1.54, 1.807) is 0 Å². The van der Waals surface area contributed by atoms with Crippen molar-refractivity contribution in [1.29, 1.82) is 0 Å². The van der Waals surface area contributed by atoms with Crippen LogP contribution in [0.2, 0.25) is 0 Å². The predicted molar refractivity (Wildman–Crippen MR) is 122 cm³/mol. The van der Waals surface area contributed by atoms with E-state index in [4.69, 9.17) is 5.73 Å². The molecule has 1 aromatic rings. The molecule has 1 aromatic carbocycles. The molecular formula is C21H34Cl2N4O2. The highest BCUT2D eigenvalue weighted by Crippen LogP contribution is 2.38. The van der Waals surface area contributed by atoms with Gasteiger partial charge in [0.05, 0.1) is 6.54 Å². The number of rotatable bonds is 6. The molecule has 3 N–H and O–H groups in total. The van der Waals surface area contributed by atoms with Gasteiger partial charge in [0, 0.05) is 38.3 Å². The molecule has 8 heteroatoms. The van der Waals surface area contributed by atoms with E-state index in [0.29, 0.717) is 32.6 Å². The lowest BCUT2D eigenvalue weighted by atomic mass is 9.71. The van der Waals surface area contributed by atoms with Crippen molar-refractivity contribution in [3.63, 3.8) is 0 Å². The first-order valence-electron chi connectivity index (χ1n) is 10.2. The van der Waals surface area contributed by atoms with Crippen molar-refractivity contribution in [2.45, 2.75) is 38.5 Å². The summed E-state index contributed by atoms with van der Waals surface area (Å²) in [5.74, 6) is 0.223. The molecule has 0 bridgehead atoms. The number of para-hydroxylation sites is 1. The Kier molecular flexibility index (Phi) is 11.0. The minimum atomic E-state index is -0.00901. The number of carbonyl (C=O) groups is 2. The number of halogens is 2. The maximum Gasteiger partial charge on any atom is 0.238 e. The van der Waals surface area contributed by atoms with Crippen LogP contribution in [0.3, 0.4) is 0 Å². The molecule has 29 heavy (non-hydrogen) atoms. The number of hydrogen-bond donors (Lipinski definition) is 2. The largest absolute Gasteiger partial charge is 0.340 e. The van der Waals surface area contributed by atoms with Crippen LogP contribution < -0.4 is 11.1 Å². The third kappa shape index (κ3) is 7.45. The topological polar surface area (TPSA) is 78.7 Å². The molecule has 6 nitrogen and oxygen atoms in total. The van der Waals surface area contributed by atoms with Crippen LogP contribution in [0.5, 0.6) is 0 Å². The molecule has 1 saturated carbocycles. The van der Waals surface area contributed by atoms with E-state index < -0.39 is 0 Å². The van der Waals surface area contributed by atoms with Gasteiger partial charge in [0.1, 0.15) is 0 Å². The lowest BCUT2D eigenvalue weighted by Gasteiger charge is -2.39. The second-order valence-electron chi connectivity index (χ2n) is 8.01. The van der Waals surface area contributed by atoms with E-state index in [2.05, 4.69) is 10.2 Å². The average molecular weight is 445 g/mol. The van der Waals surface area contributed by atoms with Gasteiger partial charge in [0.15, 0.2) is 0 Å². The molecule has 3 rings (SSSR count). The van der Waals surface area contributed by atoms with Crippen LogP contribution in [0.1, 0.15) is 38.5 Å². The first-order chi connectivity index (χ1) is 13.1. The van der Waals surface area contributed by atoms with Crippen molar-refractivity contribution < 1.29 is 9.59 Å². The number of hydrogen-bond acceptors (Lipinski definition) is 4. The molecule has 0 aromatic heterocycles. The van der Waals surface area contributed by atoms with Gasteiger partial charge in [-0.3, -0.25) is 14.5 Å². The van der Waals surface area contributed by atoms with Crippen LogP contribution in [-0.4, -0.2) is 60.9 Å². The number of amides is 2. The minimum Gasteiger partial charge on any atom is -0.340 e. The number of nitrogens with zero attached hydrogens (tertiary/aromatic N) is 2. The van der Waals surface area contributed by atoms with E-state index in [9.17, 15) is 9.59 Å². The summed E-state index contributed by atoms with van der Waals surface area (Å²) in [6.07, 6.45) is 6.38. The summed E-state index contributed by atoms with van der Waals surface area (Å²) in [6.45, 7) is 3.84. The van der Waals surface area contributed by atoms with Gasteiger partial charge in [-0.15, -0.1) is 24.8 Å². The standard InChI is InChI=1S/C21H32N4O2.2ClH/c22-17-21(9-5-2-6-10-21)15-20(27)25-13-11-24(12-14-25)16-19(26)23-18-7-3-1-4-8-18;;/h1,3-4,7-8H,2,5-6,9-17,22H2,(H,23,26);2*1H. The fourth-order valence-corrected chi connectivity index (χ4v) is 4.27. The summed E-state index contributed by atoms with van der Waals surface area (Å²) in [5.41, 5.74) is 6.86. The van der Waals surface area contributed by atoms with E-state index in [1.807, 2.05) is 35.2 Å². The maximum absolute atomic E-state index is 12.8. The molecule has 1 saturated heterocycles. The molecule has 1 aliphatic carbocycles. The first-order valence-corrected chi connectivity index (χ1v) is 10.2. The van der Waals surface area contributed by atoms with Gasteiger partial charge < -0.3 is 16.0 Å². The summed E-state index contributed by atoms with van der Waals surface area (Å²) in [4.78, 5) is 29.0. The third-order valence-corrected chi connectivity index (χ3v) is 6.02. The van der Waals surface area contributed by atoms with Gasteiger partial charge in [-0.2, -0.15) is 0 Å². The quantitative estimate of drug-likeness (QED) is 0.706. The monoisotopic (exact) mass is 444 g/mol. The Morgan fingerprint density at radius 1 is 0.966 bits per heavy atom. The Hall–Kier alpha value is -1.34. The summed E-state index contributed by atoms with van der Waals surface area (Å²) >= 11 is 0. The van der Waals surface area contributed by atoms with Crippen molar-refractivity contribution in [3.8, 4) is 0 Å². The summed E-state index contributed by atoms with van der Waals surface area (Å²) in [5, 5.41) is 2.91. The van der Waals surface area contributed by atoms with Crippen LogP contribution in [0, 0.1) is 5.41 Å². The Labute approximate surface area is 186 Å². The van der Waals surface area contributed by atoms with Crippen LogP contribution in [0.15, 0.2) is 30.3 Å². The molecule has 1 heterocycles. The fraction of sp³-hybridized carbons (Fsp3) is 0.619. The van der Waals surface area contributed by atoms with Crippen LogP contribution in [0.25, 0.3) is 0 Å². The second-order valence-corrected chi connectivity index (χ2v) is 8.01. The van der Waals surface area contributed by atoms with Gasteiger partial charge in [0.25, 0.3) is 0 Å².